The summed E-state index contributed by atoms with van der Waals surface area (Å²) in [7, 11) is 0. The van der Waals surface area contributed by atoms with Gasteiger partial charge in [0.2, 0.25) is 5.91 Å². The van der Waals surface area contributed by atoms with Crippen molar-refractivity contribution in [1.29, 1.82) is 0 Å². The number of nitrogens with zero attached hydrogens (tertiary/aromatic N) is 4. The van der Waals surface area contributed by atoms with E-state index in [1.54, 1.807) is 22.8 Å². The molecule has 3 rings (SSSR count). The minimum Gasteiger partial charge on any atom is -0.365 e. The van der Waals surface area contributed by atoms with Crippen molar-refractivity contribution < 1.29 is 41.0 Å². The number of amides is 1. The molecule has 0 spiro atoms. The molecule has 1 aromatic rings. The molecule has 0 aromatic carbocycles. The lowest BCUT2D eigenvalue weighted by Crippen LogP contribution is -2.53. The third-order valence-corrected chi connectivity index (χ3v) is 4.21. The summed E-state index contributed by atoms with van der Waals surface area (Å²) in [5, 5.41) is 9.56. The van der Waals surface area contributed by atoms with Crippen LogP contribution in [0.2, 0.25) is 0 Å². The second kappa shape index (κ2) is 9.64. The summed E-state index contributed by atoms with van der Waals surface area (Å²) >= 11 is 0. The number of aliphatic hydroxyl groups is 1. The minimum absolute atomic E-state index is 0.0241. The molecule has 0 unspecified atom stereocenters. The van der Waals surface area contributed by atoms with Crippen LogP contribution in [-0.2, 0) is 9.53 Å². The fourth-order valence-corrected chi connectivity index (χ4v) is 2.64. The Labute approximate surface area is 167 Å². The molecule has 2 fully saturated rings. The van der Waals surface area contributed by atoms with Crippen LogP contribution in [0, 0.1) is 0 Å². The van der Waals surface area contributed by atoms with E-state index in [4.69, 9.17) is 9.84 Å². The molecule has 0 bridgehead atoms. The highest BCUT2D eigenvalue weighted by Crippen LogP contribution is 2.24. The smallest absolute Gasteiger partial charge is 0.365 e. The van der Waals surface area contributed by atoms with Crippen molar-refractivity contribution in [3.8, 4) is 0 Å². The molecule has 0 saturated carbocycles. The number of nitrogens with one attached hydrogen (secondary N) is 1. The quantitative estimate of drug-likeness (QED) is 0.645. The summed E-state index contributed by atoms with van der Waals surface area (Å²) in [5.74, 6) is 1.12. The Morgan fingerprint density at radius 3 is 2.37 bits per heavy atom. The Kier molecular flexibility index (Phi) is 7.69. The maximum absolute atomic E-state index is 12.1. The van der Waals surface area contributed by atoms with Crippen LogP contribution in [-0.4, -0.2) is 83.4 Å². The zero-order chi connectivity index (χ0) is 22.5. The highest BCUT2D eigenvalue weighted by molar-refractivity contribution is 5.84. The zero-order valence-corrected chi connectivity index (χ0v) is 15.9. The lowest BCUT2D eigenvalue weighted by Gasteiger charge is -2.39. The van der Waals surface area contributed by atoms with Crippen LogP contribution < -0.4 is 10.2 Å². The predicted octanol–water partition coefficient (Wildman–Crippen LogP) is 1.78. The van der Waals surface area contributed by atoms with Crippen LogP contribution in [0.25, 0.3) is 0 Å². The van der Waals surface area contributed by atoms with E-state index in [2.05, 4.69) is 15.3 Å². The molecule has 3 heterocycles. The summed E-state index contributed by atoms with van der Waals surface area (Å²) in [4.78, 5) is 23.9. The zero-order valence-electron chi connectivity index (χ0n) is 15.9. The molecule has 0 radical (unpaired) electrons. The Balaban J connectivity index is 0.000000575. The van der Waals surface area contributed by atoms with E-state index >= 15 is 0 Å². The number of alkyl halides is 6. The molecule has 30 heavy (non-hydrogen) atoms. The predicted molar refractivity (Wildman–Crippen MR) is 92.6 cm³/mol. The number of likely N-dealkylation sites (tertiary alicyclic amines) is 1. The van der Waals surface area contributed by atoms with E-state index in [1.165, 1.54) is 6.33 Å². The lowest BCUT2D eigenvalue weighted by atomic mass is 10.1. The third-order valence-electron chi connectivity index (χ3n) is 4.21. The number of rotatable bonds is 6. The number of hydrogen-bond donors (Lipinski definition) is 2. The number of halogens is 6. The van der Waals surface area contributed by atoms with Gasteiger partial charge in [-0.05, 0) is 13.3 Å². The Hall–Kier alpha value is -2.35. The van der Waals surface area contributed by atoms with Gasteiger partial charge < -0.3 is 25.0 Å². The van der Waals surface area contributed by atoms with Gasteiger partial charge in [-0.15, -0.1) is 13.2 Å². The maximum Gasteiger partial charge on any atom is 0.519 e. The van der Waals surface area contributed by atoms with Crippen LogP contribution in [0.3, 0.4) is 0 Å². The molecular weight excluding hydrogens is 424 g/mol. The topological polar surface area (TPSA) is 90.8 Å². The highest BCUT2D eigenvalue weighted by atomic mass is 19.4. The normalized spacial score (nSPS) is 18.0. The SMILES string of the molecule is C[C@@H](Nc1cc(N2CC(OCC(F)(F)F)C2)ncn1)C(=O)N1CCC1.OC(F)(F)F. The Morgan fingerprint density at radius 1 is 1.27 bits per heavy atom. The molecule has 8 nitrogen and oxygen atoms in total. The molecule has 0 aliphatic carbocycles. The van der Waals surface area contributed by atoms with Crippen LogP contribution >= 0.6 is 0 Å². The number of carbonyl (C=O) groups is 1. The number of ether oxygens (including phenoxy) is 1. The van der Waals surface area contributed by atoms with E-state index in [0.717, 1.165) is 19.5 Å². The Morgan fingerprint density at radius 2 is 1.87 bits per heavy atom. The molecule has 2 aliphatic heterocycles. The van der Waals surface area contributed by atoms with Gasteiger partial charge in [-0.3, -0.25) is 4.79 Å². The van der Waals surface area contributed by atoms with Gasteiger partial charge in [0.15, 0.2) is 0 Å². The number of aromatic nitrogens is 2. The largest absolute Gasteiger partial charge is 0.519 e. The molecule has 1 amide bonds. The van der Waals surface area contributed by atoms with Gasteiger partial charge in [0.1, 0.15) is 30.6 Å². The fourth-order valence-electron chi connectivity index (χ4n) is 2.64. The average molecular weight is 445 g/mol. The van der Waals surface area contributed by atoms with Crippen molar-refractivity contribution in [2.24, 2.45) is 0 Å². The second-order valence-corrected chi connectivity index (χ2v) is 6.73. The second-order valence-electron chi connectivity index (χ2n) is 6.73. The van der Waals surface area contributed by atoms with Gasteiger partial charge in [0.05, 0.1) is 6.10 Å². The first-order valence-corrected chi connectivity index (χ1v) is 8.91. The van der Waals surface area contributed by atoms with Crippen molar-refractivity contribution in [3.63, 3.8) is 0 Å². The average Bonchev–Trinajstić information content (AvgIpc) is 2.49. The van der Waals surface area contributed by atoms with Crippen molar-refractivity contribution >= 4 is 17.5 Å². The molecule has 1 aromatic heterocycles. The number of carbonyl (C=O) groups excluding carboxylic acids is 1. The van der Waals surface area contributed by atoms with E-state index in [0.29, 0.717) is 24.7 Å². The van der Waals surface area contributed by atoms with Gasteiger partial charge in [-0.2, -0.15) is 13.2 Å². The van der Waals surface area contributed by atoms with Crippen molar-refractivity contribution in [3.05, 3.63) is 12.4 Å². The van der Waals surface area contributed by atoms with Gasteiger partial charge >= 0.3 is 12.5 Å². The number of anilines is 2. The maximum atomic E-state index is 12.1. The van der Waals surface area contributed by atoms with E-state index in [9.17, 15) is 31.1 Å². The summed E-state index contributed by atoms with van der Waals surface area (Å²) < 4.78 is 70.9. The van der Waals surface area contributed by atoms with Crippen LogP contribution in [0.1, 0.15) is 13.3 Å². The first-order chi connectivity index (χ1) is 13.8. The van der Waals surface area contributed by atoms with E-state index < -0.39 is 31.3 Å². The first-order valence-electron chi connectivity index (χ1n) is 8.91. The van der Waals surface area contributed by atoms with Gasteiger partial charge in [-0.1, -0.05) is 0 Å². The molecule has 2 saturated heterocycles. The van der Waals surface area contributed by atoms with Crippen LogP contribution in [0.5, 0.6) is 0 Å². The summed E-state index contributed by atoms with van der Waals surface area (Å²) in [6.07, 6.45) is -7.38. The van der Waals surface area contributed by atoms with Crippen molar-refractivity contribution in [1.82, 2.24) is 14.9 Å². The molecule has 2 N–H and O–H groups in total. The summed E-state index contributed by atoms with van der Waals surface area (Å²) in [5.41, 5.74) is 0. The summed E-state index contributed by atoms with van der Waals surface area (Å²) in [6, 6.07) is 1.28. The number of hydrogen-bond acceptors (Lipinski definition) is 7. The van der Waals surface area contributed by atoms with Crippen molar-refractivity contribution in [2.75, 3.05) is 43.0 Å². The fraction of sp³-hybridized carbons (Fsp3) is 0.688. The third kappa shape index (κ3) is 8.18. The van der Waals surface area contributed by atoms with Crippen LogP contribution in [0.4, 0.5) is 38.0 Å². The first kappa shape index (κ1) is 23.9. The lowest BCUT2D eigenvalue weighted by molar-refractivity contribution is -0.295. The van der Waals surface area contributed by atoms with Gasteiger partial charge in [0, 0.05) is 32.2 Å². The molecular formula is C16H21F6N5O3. The highest BCUT2D eigenvalue weighted by Gasteiger charge is 2.34. The monoisotopic (exact) mass is 445 g/mol. The molecule has 170 valence electrons. The van der Waals surface area contributed by atoms with E-state index in [1.807, 2.05) is 0 Å². The van der Waals surface area contributed by atoms with Crippen molar-refractivity contribution in [2.45, 2.75) is 38.0 Å². The van der Waals surface area contributed by atoms with Crippen LogP contribution in [0.15, 0.2) is 12.4 Å². The molecule has 1 atom stereocenters. The standard InChI is InChI=1S/C15H20F3N5O2.CHF3O/c1-10(14(24)22-3-2-4-22)21-12-5-13(20-9-19-12)23-6-11(7-23)25-8-15(16,17)18;2-1(3,4)5/h5,9-11H,2-4,6-8H2,1H3,(H,19,20,21);5H/t10-;/m1./s1. The van der Waals surface area contributed by atoms with E-state index in [-0.39, 0.29) is 5.91 Å². The molecule has 14 heteroatoms. The minimum atomic E-state index is -5.00. The Bertz CT molecular complexity index is 701. The molecule has 2 aliphatic rings. The van der Waals surface area contributed by atoms with Gasteiger partial charge in [-0.25, -0.2) is 9.97 Å². The van der Waals surface area contributed by atoms with Gasteiger partial charge in [0.25, 0.3) is 0 Å². The summed E-state index contributed by atoms with van der Waals surface area (Å²) in [6.45, 7) is 2.79.